The van der Waals surface area contributed by atoms with Crippen LogP contribution in [0.15, 0.2) is 30.5 Å². The number of hydrogen-bond acceptors (Lipinski definition) is 2. The van der Waals surface area contributed by atoms with Crippen molar-refractivity contribution in [3.63, 3.8) is 0 Å². The van der Waals surface area contributed by atoms with E-state index in [9.17, 15) is 4.79 Å². The first kappa shape index (κ1) is 9.65. The van der Waals surface area contributed by atoms with E-state index in [0.29, 0.717) is 12.2 Å². The highest BCUT2D eigenvalue weighted by Crippen LogP contribution is 2.30. The molecule has 4 nitrogen and oxygen atoms in total. The maximum absolute atomic E-state index is 11.8. The van der Waals surface area contributed by atoms with E-state index < -0.39 is 0 Å². The summed E-state index contributed by atoms with van der Waals surface area (Å²) < 4.78 is 0. The molecule has 0 atom stereocenters. The Labute approximate surface area is 103 Å². The Hall–Kier alpha value is -2.36. The van der Waals surface area contributed by atoms with Gasteiger partial charge in [-0.2, -0.15) is 0 Å². The predicted molar refractivity (Wildman–Crippen MR) is 69.6 cm³/mol. The number of hydrogen-bond donors (Lipinski definition) is 2. The molecule has 0 saturated carbocycles. The fourth-order valence-electron chi connectivity index (χ4n) is 2.73. The molecule has 18 heavy (non-hydrogen) atoms. The summed E-state index contributed by atoms with van der Waals surface area (Å²) in [6.45, 7) is 0.687. The maximum Gasteiger partial charge on any atom is 0.270 e. The molecule has 1 aliphatic rings. The van der Waals surface area contributed by atoms with Gasteiger partial charge in [-0.15, -0.1) is 0 Å². The quantitative estimate of drug-likeness (QED) is 0.628. The number of aromatic nitrogens is 2. The Balaban J connectivity index is 2.21. The zero-order valence-electron chi connectivity index (χ0n) is 9.66. The standard InChI is InChI=1S/C14H11N3O/c18-14-13-9(5-6-15-14)12-8-3-1-2-4-10(8)17-11(12)7-16-13/h1-4,7,17H,5-6H2,(H,15,18). The van der Waals surface area contributed by atoms with Gasteiger partial charge in [0.25, 0.3) is 5.91 Å². The van der Waals surface area contributed by atoms with Crippen molar-refractivity contribution < 1.29 is 4.79 Å². The number of amides is 1. The van der Waals surface area contributed by atoms with Gasteiger partial charge in [0.1, 0.15) is 5.69 Å². The highest BCUT2D eigenvalue weighted by Gasteiger charge is 2.22. The predicted octanol–water partition coefficient (Wildman–Crippen LogP) is 2.00. The van der Waals surface area contributed by atoms with Crippen molar-refractivity contribution in [1.82, 2.24) is 15.3 Å². The summed E-state index contributed by atoms with van der Waals surface area (Å²) in [4.78, 5) is 19.4. The smallest absolute Gasteiger partial charge is 0.270 e. The van der Waals surface area contributed by atoms with E-state index in [1.54, 1.807) is 6.20 Å². The fraction of sp³-hybridized carbons (Fsp3) is 0.143. The second-order valence-corrected chi connectivity index (χ2v) is 4.55. The number of nitrogens with one attached hydrogen (secondary N) is 2. The maximum atomic E-state index is 11.8. The first-order valence-electron chi connectivity index (χ1n) is 6.01. The van der Waals surface area contributed by atoms with Crippen LogP contribution >= 0.6 is 0 Å². The molecule has 0 radical (unpaired) electrons. The van der Waals surface area contributed by atoms with Gasteiger partial charge in [0.05, 0.1) is 11.7 Å². The zero-order valence-corrected chi connectivity index (χ0v) is 9.66. The second-order valence-electron chi connectivity index (χ2n) is 4.55. The Kier molecular flexibility index (Phi) is 1.78. The molecule has 4 heteroatoms. The van der Waals surface area contributed by atoms with Gasteiger partial charge in [-0.3, -0.25) is 4.79 Å². The lowest BCUT2D eigenvalue weighted by Crippen LogP contribution is -2.32. The van der Waals surface area contributed by atoms with Crippen LogP contribution in [0.3, 0.4) is 0 Å². The van der Waals surface area contributed by atoms with E-state index in [0.717, 1.165) is 28.4 Å². The minimum absolute atomic E-state index is 0.0663. The Bertz CT molecular complexity index is 788. The lowest BCUT2D eigenvalue weighted by Gasteiger charge is -2.16. The van der Waals surface area contributed by atoms with Crippen LogP contribution in [0.5, 0.6) is 0 Å². The highest BCUT2D eigenvalue weighted by molar-refractivity contribution is 6.11. The van der Waals surface area contributed by atoms with Gasteiger partial charge in [0.15, 0.2) is 0 Å². The monoisotopic (exact) mass is 237 g/mol. The van der Waals surface area contributed by atoms with E-state index in [-0.39, 0.29) is 5.91 Å². The van der Waals surface area contributed by atoms with Gasteiger partial charge in [-0.1, -0.05) is 18.2 Å². The van der Waals surface area contributed by atoms with Gasteiger partial charge in [0, 0.05) is 22.8 Å². The second kappa shape index (κ2) is 3.32. The van der Waals surface area contributed by atoms with Gasteiger partial charge in [0.2, 0.25) is 0 Å². The molecular formula is C14H11N3O. The van der Waals surface area contributed by atoms with Gasteiger partial charge < -0.3 is 10.3 Å². The van der Waals surface area contributed by atoms with Crippen LogP contribution < -0.4 is 5.32 Å². The Morgan fingerprint density at radius 2 is 2.06 bits per heavy atom. The third kappa shape index (κ3) is 1.14. The average molecular weight is 237 g/mol. The third-order valence-electron chi connectivity index (χ3n) is 3.52. The molecule has 2 N–H and O–H groups in total. The zero-order chi connectivity index (χ0) is 12.1. The molecule has 1 aliphatic heterocycles. The number of benzene rings is 1. The number of nitrogens with zero attached hydrogens (tertiary/aromatic N) is 1. The first-order chi connectivity index (χ1) is 8.84. The first-order valence-corrected chi connectivity index (χ1v) is 6.01. The van der Waals surface area contributed by atoms with Crippen LogP contribution in [0.25, 0.3) is 21.8 Å². The van der Waals surface area contributed by atoms with Crippen LogP contribution in [0.1, 0.15) is 16.1 Å². The summed E-state index contributed by atoms with van der Waals surface area (Å²) in [5.74, 6) is -0.0663. The molecule has 0 fully saturated rings. The van der Waals surface area contributed by atoms with E-state index in [2.05, 4.69) is 21.4 Å². The van der Waals surface area contributed by atoms with Crippen molar-refractivity contribution in [3.8, 4) is 0 Å². The van der Waals surface area contributed by atoms with Crippen molar-refractivity contribution in [2.45, 2.75) is 6.42 Å². The van der Waals surface area contributed by atoms with Crippen LogP contribution in [0.2, 0.25) is 0 Å². The molecule has 0 spiro atoms. The summed E-state index contributed by atoms with van der Waals surface area (Å²) in [6, 6.07) is 8.15. The molecule has 4 rings (SSSR count). The number of H-pyrrole nitrogens is 1. The molecule has 0 saturated heterocycles. The third-order valence-corrected chi connectivity index (χ3v) is 3.52. The minimum atomic E-state index is -0.0663. The van der Waals surface area contributed by atoms with Gasteiger partial charge in [-0.25, -0.2) is 4.98 Å². The van der Waals surface area contributed by atoms with Crippen molar-refractivity contribution in [1.29, 1.82) is 0 Å². The van der Waals surface area contributed by atoms with E-state index >= 15 is 0 Å². The van der Waals surface area contributed by atoms with Crippen molar-refractivity contribution in [3.05, 3.63) is 41.7 Å². The van der Waals surface area contributed by atoms with Crippen LogP contribution in [-0.2, 0) is 6.42 Å². The number of pyridine rings is 1. The molecule has 0 aliphatic carbocycles. The Morgan fingerprint density at radius 3 is 3.00 bits per heavy atom. The van der Waals surface area contributed by atoms with Crippen molar-refractivity contribution in [2.75, 3.05) is 6.54 Å². The molecule has 3 heterocycles. The molecule has 2 aromatic heterocycles. The normalized spacial score (nSPS) is 14.8. The van der Waals surface area contributed by atoms with E-state index in [1.807, 2.05) is 18.2 Å². The number of carbonyl (C=O) groups excluding carboxylic acids is 1. The number of aromatic amines is 1. The molecule has 1 amide bonds. The molecular weight excluding hydrogens is 226 g/mol. The lowest BCUT2D eigenvalue weighted by atomic mass is 10.00. The van der Waals surface area contributed by atoms with Crippen molar-refractivity contribution >= 4 is 27.7 Å². The summed E-state index contributed by atoms with van der Waals surface area (Å²) >= 11 is 0. The largest absolute Gasteiger partial charge is 0.353 e. The van der Waals surface area contributed by atoms with Gasteiger partial charge in [-0.05, 0) is 18.1 Å². The molecule has 88 valence electrons. The SMILES string of the molecule is O=C1NCCc2c1ncc1[nH]c3ccccc3c21. The van der Waals surface area contributed by atoms with Gasteiger partial charge >= 0.3 is 0 Å². The Morgan fingerprint density at radius 1 is 1.17 bits per heavy atom. The summed E-state index contributed by atoms with van der Waals surface area (Å²) in [7, 11) is 0. The average Bonchev–Trinajstić information content (AvgIpc) is 2.77. The van der Waals surface area contributed by atoms with Crippen LogP contribution in [0, 0.1) is 0 Å². The summed E-state index contributed by atoms with van der Waals surface area (Å²) in [6.07, 6.45) is 2.59. The van der Waals surface area contributed by atoms with E-state index in [4.69, 9.17) is 0 Å². The molecule has 0 unspecified atom stereocenters. The number of rotatable bonds is 0. The lowest BCUT2D eigenvalue weighted by molar-refractivity contribution is 0.0941. The topological polar surface area (TPSA) is 57.8 Å². The summed E-state index contributed by atoms with van der Waals surface area (Å²) in [5.41, 5.74) is 3.73. The van der Waals surface area contributed by atoms with Crippen LogP contribution in [0.4, 0.5) is 0 Å². The molecule has 1 aromatic carbocycles. The number of fused-ring (bicyclic) bond motifs is 5. The van der Waals surface area contributed by atoms with E-state index in [1.165, 1.54) is 5.39 Å². The highest BCUT2D eigenvalue weighted by atomic mass is 16.1. The van der Waals surface area contributed by atoms with Crippen LogP contribution in [-0.4, -0.2) is 22.4 Å². The summed E-state index contributed by atoms with van der Waals surface area (Å²) in [5, 5.41) is 5.14. The number of carbonyl (C=O) groups is 1. The number of para-hydroxylation sites is 1. The van der Waals surface area contributed by atoms with Crippen molar-refractivity contribution in [2.24, 2.45) is 0 Å². The minimum Gasteiger partial charge on any atom is -0.353 e. The molecule has 0 bridgehead atoms. The molecule has 3 aromatic rings. The fourth-order valence-corrected chi connectivity index (χ4v) is 2.73.